The third-order valence-corrected chi connectivity index (χ3v) is 6.24. The van der Waals surface area contributed by atoms with Crippen LogP contribution in [0.4, 0.5) is 0 Å². The number of piperazine rings is 1. The summed E-state index contributed by atoms with van der Waals surface area (Å²) in [6.07, 6.45) is 2.20. The fraction of sp³-hybridized carbons (Fsp3) is 0.591. The molecule has 0 bridgehead atoms. The van der Waals surface area contributed by atoms with Crippen molar-refractivity contribution in [2.45, 2.75) is 25.3 Å². The molecule has 1 unspecified atom stereocenters. The molecule has 2 heterocycles. The minimum Gasteiger partial charge on any atom is -0.385 e. The Bertz CT molecular complexity index is 810. The van der Waals surface area contributed by atoms with Crippen LogP contribution in [0.5, 0.6) is 0 Å². The van der Waals surface area contributed by atoms with Gasteiger partial charge < -0.3 is 19.9 Å². The number of hydrogen-bond donors (Lipinski definition) is 1. The van der Waals surface area contributed by atoms with Crippen LogP contribution in [-0.2, 0) is 14.3 Å². The van der Waals surface area contributed by atoms with Gasteiger partial charge in [-0.2, -0.15) is 0 Å². The Kier molecular flexibility index (Phi) is 9.16. The van der Waals surface area contributed by atoms with Gasteiger partial charge in [0.1, 0.15) is 6.04 Å². The van der Waals surface area contributed by atoms with Crippen LogP contribution in [0.3, 0.4) is 0 Å². The van der Waals surface area contributed by atoms with Gasteiger partial charge in [-0.25, -0.2) is 0 Å². The van der Waals surface area contributed by atoms with E-state index in [1.165, 1.54) is 0 Å². The fourth-order valence-corrected chi connectivity index (χ4v) is 4.68. The summed E-state index contributed by atoms with van der Waals surface area (Å²) < 4.78 is 4.97. The molecule has 1 N–H and O–H groups in total. The molecule has 0 saturated carbocycles. The minimum absolute atomic E-state index is 0.0198. The van der Waals surface area contributed by atoms with E-state index in [9.17, 15) is 14.4 Å². The van der Waals surface area contributed by atoms with Gasteiger partial charge in [0.25, 0.3) is 5.91 Å². The predicted molar refractivity (Wildman–Crippen MR) is 123 cm³/mol. The molecule has 32 heavy (non-hydrogen) atoms. The minimum atomic E-state index is -0.476. The molecule has 0 aromatic heterocycles. The number of likely N-dealkylation sites (tertiary alicyclic amines) is 1. The molecule has 0 spiro atoms. The van der Waals surface area contributed by atoms with Crippen LogP contribution >= 0.6 is 23.2 Å². The molecule has 0 radical (unpaired) electrons. The van der Waals surface area contributed by atoms with Crippen LogP contribution in [0.2, 0.25) is 10.0 Å². The zero-order valence-electron chi connectivity index (χ0n) is 18.3. The van der Waals surface area contributed by atoms with Crippen LogP contribution < -0.4 is 5.32 Å². The lowest BCUT2D eigenvalue weighted by molar-refractivity contribution is -0.137. The van der Waals surface area contributed by atoms with E-state index in [0.717, 1.165) is 12.8 Å². The van der Waals surface area contributed by atoms with Crippen molar-refractivity contribution in [3.63, 3.8) is 0 Å². The fourth-order valence-electron chi connectivity index (χ4n) is 4.15. The lowest BCUT2D eigenvalue weighted by Gasteiger charge is -2.37. The van der Waals surface area contributed by atoms with Crippen molar-refractivity contribution in [3.05, 3.63) is 33.8 Å². The van der Waals surface area contributed by atoms with E-state index in [1.54, 1.807) is 35.1 Å². The highest BCUT2D eigenvalue weighted by Gasteiger charge is 2.38. The summed E-state index contributed by atoms with van der Waals surface area (Å²) in [6.45, 7) is 4.39. The van der Waals surface area contributed by atoms with Gasteiger partial charge in [-0.15, -0.1) is 0 Å². The number of halogens is 2. The van der Waals surface area contributed by atoms with Crippen molar-refractivity contribution in [2.24, 2.45) is 0 Å². The Morgan fingerprint density at radius 1 is 1.06 bits per heavy atom. The lowest BCUT2D eigenvalue weighted by atomic mass is 10.1. The molecule has 3 rings (SSSR count). The van der Waals surface area contributed by atoms with Crippen LogP contribution in [0.25, 0.3) is 0 Å². The molecule has 2 fully saturated rings. The van der Waals surface area contributed by atoms with Crippen LogP contribution in [-0.4, -0.2) is 98.0 Å². The number of amides is 3. The summed E-state index contributed by atoms with van der Waals surface area (Å²) in [5, 5.41) is 3.66. The lowest BCUT2D eigenvalue weighted by Crippen LogP contribution is -2.55. The first-order valence-electron chi connectivity index (χ1n) is 10.9. The maximum absolute atomic E-state index is 13.2. The molecule has 2 aliphatic heterocycles. The third-order valence-electron chi connectivity index (χ3n) is 5.81. The summed E-state index contributed by atoms with van der Waals surface area (Å²) in [6, 6.07) is 4.26. The number of hydrogen-bond acceptors (Lipinski definition) is 5. The van der Waals surface area contributed by atoms with Gasteiger partial charge in [0.05, 0.1) is 6.54 Å². The normalized spacial score (nSPS) is 19.3. The Morgan fingerprint density at radius 2 is 1.75 bits per heavy atom. The van der Waals surface area contributed by atoms with Gasteiger partial charge in [-0.3, -0.25) is 19.3 Å². The average molecular weight is 485 g/mol. The van der Waals surface area contributed by atoms with Crippen molar-refractivity contribution in [3.8, 4) is 0 Å². The molecule has 0 aliphatic carbocycles. The second kappa shape index (κ2) is 11.8. The maximum Gasteiger partial charge on any atom is 0.254 e. The molecule has 1 aromatic rings. The van der Waals surface area contributed by atoms with Crippen LogP contribution in [0.1, 0.15) is 29.6 Å². The molecule has 1 atom stereocenters. The first-order valence-corrected chi connectivity index (χ1v) is 11.7. The van der Waals surface area contributed by atoms with Crippen molar-refractivity contribution in [2.75, 3.05) is 59.5 Å². The summed E-state index contributed by atoms with van der Waals surface area (Å²) in [4.78, 5) is 43.7. The molecule has 1 aromatic carbocycles. The van der Waals surface area contributed by atoms with Gasteiger partial charge in [-0.05, 0) is 37.5 Å². The third kappa shape index (κ3) is 6.57. The summed E-state index contributed by atoms with van der Waals surface area (Å²) in [7, 11) is 1.64. The van der Waals surface area contributed by atoms with E-state index in [4.69, 9.17) is 27.9 Å². The Hall–Kier alpha value is -1.87. The molecular formula is C22H30Cl2N4O4. The molecule has 2 saturated heterocycles. The van der Waals surface area contributed by atoms with E-state index in [0.29, 0.717) is 74.4 Å². The molecular weight excluding hydrogens is 455 g/mol. The highest BCUT2D eigenvalue weighted by molar-refractivity contribution is 6.35. The molecule has 3 amide bonds. The highest BCUT2D eigenvalue weighted by Crippen LogP contribution is 2.25. The molecule has 2 aliphatic rings. The number of carbonyl (C=O) groups excluding carboxylic acids is 3. The van der Waals surface area contributed by atoms with Crippen molar-refractivity contribution >= 4 is 40.9 Å². The molecule has 8 nitrogen and oxygen atoms in total. The van der Waals surface area contributed by atoms with E-state index in [1.807, 2.05) is 4.90 Å². The smallest absolute Gasteiger partial charge is 0.254 e. The monoisotopic (exact) mass is 484 g/mol. The summed E-state index contributed by atoms with van der Waals surface area (Å²) in [5.41, 5.74) is 0.392. The second-order valence-electron chi connectivity index (χ2n) is 8.11. The summed E-state index contributed by atoms with van der Waals surface area (Å²) in [5.74, 6) is -0.282. The SMILES string of the molecule is COCCCNC(=O)CN1CCN(C(=O)C2CCCN2C(=O)c2cc(Cl)cc(Cl)c2)CC1. The number of nitrogens with zero attached hydrogens (tertiary/aromatic N) is 3. The van der Waals surface area contributed by atoms with Gasteiger partial charge >= 0.3 is 0 Å². The number of rotatable bonds is 8. The zero-order chi connectivity index (χ0) is 23.1. The van der Waals surface area contributed by atoms with Gasteiger partial charge in [0.15, 0.2) is 0 Å². The topological polar surface area (TPSA) is 82.2 Å². The van der Waals surface area contributed by atoms with Gasteiger partial charge in [0.2, 0.25) is 11.8 Å². The second-order valence-corrected chi connectivity index (χ2v) is 8.99. The van der Waals surface area contributed by atoms with E-state index in [2.05, 4.69) is 5.32 Å². The first kappa shape index (κ1) is 24.8. The summed E-state index contributed by atoms with van der Waals surface area (Å²) >= 11 is 12.1. The molecule has 10 heteroatoms. The number of carbonyl (C=O) groups is 3. The number of nitrogens with one attached hydrogen (secondary N) is 1. The van der Waals surface area contributed by atoms with Crippen LogP contribution in [0, 0.1) is 0 Å². The zero-order valence-corrected chi connectivity index (χ0v) is 19.8. The maximum atomic E-state index is 13.2. The van der Waals surface area contributed by atoms with E-state index >= 15 is 0 Å². The number of benzene rings is 1. The Balaban J connectivity index is 1.51. The quantitative estimate of drug-likeness (QED) is 0.569. The largest absolute Gasteiger partial charge is 0.385 e. The number of methoxy groups -OCH3 is 1. The van der Waals surface area contributed by atoms with Crippen molar-refractivity contribution < 1.29 is 19.1 Å². The van der Waals surface area contributed by atoms with Crippen molar-refractivity contribution in [1.29, 1.82) is 0 Å². The van der Waals surface area contributed by atoms with Crippen molar-refractivity contribution in [1.82, 2.24) is 20.0 Å². The van der Waals surface area contributed by atoms with Gasteiger partial charge in [-0.1, -0.05) is 23.2 Å². The van der Waals surface area contributed by atoms with E-state index in [-0.39, 0.29) is 17.7 Å². The number of ether oxygens (including phenoxy) is 1. The molecule has 176 valence electrons. The highest BCUT2D eigenvalue weighted by atomic mass is 35.5. The van der Waals surface area contributed by atoms with Gasteiger partial charge in [0, 0.05) is 68.6 Å². The predicted octanol–water partition coefficient (Wildman–Crippen LogP) is 1.89. The Morgan fingerprint density at radius 3 is 2.41 bits per heavy atom. The van der Waals surface area contributed by atoms with E-state index < -0.39 is 6.04 Å². The van der Waals surface area contributed by atoms with Crippen LogP contribution in [0.15, 0.2) is 18.2 Å². The Labute approximate surface area is 198 Å². The standard InChI is InChI=1S/C22H30Cl2N4O4/c1-32-11-3-5-25-20(29)15-26-7-9-27(10-8-26)22(31)19-4-2-6-28(19)21(30)16-12-17(23)14-18(24)13-16/h12-14,19H,2-11,15H2,1H3,(H,25,29). The first-order chi connectivity index (χ1) is 15.4. The average Bonchev–Trinajstić information content (AvgIpc) is 3.25.